The van der Waals surface area contributed by atoms with E-state index in [1.807, 2.05) is 13.8 Å². The van der Waals surface area contributed by atoms with Gasteiger partial charge in [-0.1, -0.05) is 27.7 Å². The van der Waals surface area contributed by atoms with E-state index in [4.69, 9.17) is 5.73 Å². The minimum atomic E-state index is -4.45. The second-order valence-corrected chi connectivity index (χ2v) is 4.24. The maximum atomic E-state index is 12.3. The van der Waals surface area contributed by atoms with Crippen LogP contribution >= 0.6 is 13.5 Å². The molecule has 0 amide bonds. The molecular formula is C13H24F3N3S. The lowest BCUT2D eigenvalue weighted by molar-refractivity contribution is -0.141. The largest absolute Gasteiger partial charge is 0.433 e. The van der Waals surface area contributed by atoms with Gasteiger partial charge in [-0.3, -0.25) is 0 Å². The van der Waals surface area contributed by atoms with Crippen LogP contribution in [0.15, 0.2) is 12.1 Å². The zero-order valence-electron chi connectivity index (χ0n) is 12.3. The molecule has 0 aliphatic heterocycles. The molecule has 3 N–H and O–H groups in total. The monoisotopic (exact) mass is 311 g/mol. The number of halogens is 3. The van der Waals surface area contributed by atoms with E-state index >= 15 is 0 Å². The third-order valence-corrected chi connectivity index (χ3v) is 2.25. The van der Waals surface area contributed by atoms with E-state index in [-0.39, 0.29) is 19.3 Å². The van der Waals surface area contributed by atoms with Crippen molar-refractivity contribution in [1.82, 2.24) is 4.98 Å². The number of nitrogen functional groups attached to an aromatic ring is 1. The molecule has 0 spiro atoms. The number of hydrogen-bond acceptors (Lipinski definition) is 3. The van der Waals surface area contributed by atoms with Crippen LogP contribution in [0.4, 0.5) is 24.7 Å². The molecule has 0 aromatic carbocycles. The Labute approximate surface area is 125 Å². The van der Waals surface area contributed by atoms with Crippen LogP contribution in [0.5, 0.6) is 0 Å². The van der Waals surface area contributed by atoms with Gasteiger partial charge in [-0.25, -0.2) is 4.98 Å². The van der Waals surface area contributed by atoms with Crippen molar-refractivity contribution in [3.05, 3.63) is 17.8 Å². The Hall–Kier alpha value is -1.11. The number of rotatable bonds is 4. The van der Waals surface area contributed by atoms with Gasteiger partial charge in [-0.2, -0.15) is 26.7 Å². The smallest absolute Gasteiger partial charge is 0.382 e. The maximum absolute atomic E-state index is 12.3. The third kappa shape index (κ3) is 7.47. The molecule has 3 nitrogen and oxygen atoms in total. The summed E-state index contributed by atoms with van der Waals surface area (Å²) in [6.45, 7) is 8.79. The van der Waals surface area contributed by atoms with Crippen LogP contribution in [0.2, 0.25) is 0 Å². The van der Waals surface area contributed by atoms with Crippen LogP contribution in [-0.2, 0) is 6.18 Å². The molecular weight excluding hydrogens is 287 g/mol. The number of nitrogens with zero attached hydrogens (tertiary/aromatic N) is 1. The molecule has 0 saturated heterocycles. The molecule has 0 bridgehead atoms. The summed E-state index contributed by atoms with van der Waals surface area (Å²) in [5.74, 6) is 0.398. The lowest BCUT2D eigenvalue weighted by Crippen LogP contribution is -2.12. The van der Waals surface area contributed by atoms with E-state index in [9.17, 15) is 13.2 Å². The van der Waals surface area contributed by atoms with Crippen LogP contribution < -0.4 is 11.1 Å². The second kappa shape index (κ2) is 9.74. The van der Waals surface area contributed by atoms with Gasteiger partial charge in [0.05, 0.1) is 5.69 Å². The zero-order chi connectivity index (χ0) is 15.1. The van der Waals surface area contributed by atoms with Crippen molar-refractivity contribution in [1.29, 1.82) is 0 Å². The first-order valence-corrected chi connectivity index (χ1v) is 6.38. The highest BCUT2D eigenvalue weighted by molar-refractivity contribution is 7.59. The molecule has 0 atom stereocenters. The summed E-state index contributed by atoms with van der Waals surface area (Å²) in [5.41, 5.74) is 4.94. The van der Waals surface area contributed by atoms with Gasteiger partial charge in [0.15, 0.2) is 0 Å². The van der Waals surface area contributed by atoms with Crippen molar-refractivity contribution in [2.45, 2.75) is 40.3 Å². The predicted molar refractivity (Wildman–Crippen MR) is 83.3 cm³/mol. The second-order valence-electron chi connectivity index (χ2n) is 4.24. The summed E-state index contributed by atoms with van der Waals surface area (Å²) in [4.78, 5) is 3.33. The first-order chi connectivity index (χ1) is 8.80. The third-order valence-electron chi connectivity index (χ3n) is 2.25. The summed E-state index contributed by atoms with van der Waals surface area (Å²) < 4.78 is 37.0. The van der Waals surface area contributed by atoms with Gasteiger partial charge in [0.1, 0.15) is 11.5 Å². The summed E-state index contributed by atoms with van der Waals surface area (Å²) in [5, 5.41) is 2.97. The fourth-order valence-electron chi connectivity index (χ4n) is 1.28. The molecule has 7 heteroatoms. The molecule has 1 rings (SSSR count). The van der Waals surface area contributed by atoms with E-state index < -0.39 is 11.9 Å². The Morgan fingerprint density at radius 2 is 1.80 bits per heavy atom. The number of pyridine rings is 1. The van der Waals surface area contributed by atoms with Gasteiger partial charge >= 0.3 is 6.18 Å². The Kier molecular flexibility index (Phi) is 10.3. The van der Waals surface area contributed by atoms with Gasteiger partial charge in [-0.15, -0.1) is 0 Å². The average Bonchev–Trinajstić information content (AvgIpc) is 2.32. The van der Waals surface area contributed by atoms with Crippen LogP contribution in [0.3, 0.4) is 0 Å². The quantitative estimate of drug-likeness (QED) is 0.872. The Bertz CT molecular complexity index is 382. The van der Waals surface area contributed by atoms with E-state index in [0.717, 1.165) is 12.5 Å². The minimum absolute atomic E-state index is 0. The summed E-state index contributed by atoms with van der Waals surface area (Å²) in [7, 11) is 0. The zero-order valence-corrected chi connectivity index (χ0v) is 13.3. The lowest BCUT2D eigenvalue weighted by Gasteiger charge is -2.12. The van der Waals surface area contributed by atoms with Crippen LogP contribution in [0, 0.1) is 5.92 Å². The van der Waals surface area contributed by atoms with Crippen molar-refractivity contribution < 1.29 is 13.2 Å². The topological polar surface area (TPSA) is 50.9 Å². The van der Waals surface area contributed by atoms with Gasteiger partial charge in [-0.05, 0) is 24.5 Å². The number of nitrogens with two attached hydrogens (primary N) is 1. The number of alkyl halides is 3. The molecule has 1 heterocycles. The molecule has 0 fully saturated rings. The van der Waals surface area contributed by atoms with Crippen molar-refractivity contribution in [3.63, 3.8) is 0 Å². The Morgan fingerprint density at radius 1 is 1.25 bits per heavy atom. The van der Waals surface area contributed by atoms with E-state index in [1.54, 1.807) is 0 Å². The van der Waals surface area contributed by atoms with Gasteiger partial charge in [0.2, 0.25) is 0 Å². The standard InChI is InChI=1S/C11H16F3N3.C2H6.H2S/c1-7(2)5-6-16-8-3-4-9(11(12,13)14)17-10(8)15;1-2;/h3-4,7,16H,5-6H2,1-2H3,(H2,15,17);1-2H3;1H2. The van der Waals surface area contributed by atoms with Crippen LogP contribution in [-0.4, -0.2) is 11.5 Å². The highest BCUT2D eigenvalue weighted by atomic mass is 32.1. The van der Waals surface area contributed by atoms with Crippen molar-refractivity contribution >= 4 is 25.0 Å². The number of aromatic nitrogens is 1. The molecule has 0 radical (unpaired) electrons. The summed E-state index contributed by atoms with van der Waals surface area (Å²) >= 11 is 0. The van der Waals surface area contributed by atoms with Crippen LogP contribution in [0.25, 0.3) is 0 Å². The number of hydrogen-bond donors (Lipinski definition) is 2. The van der Waals surface area contributed by atoms with Crippen molar-refractivity contribution in [2.75, 3.05) is 17.6 Å². The molecule has 1 aromatic rings. The first kappa shape index (κ1) is 21.2. The normalized spacial score (nSPS) is 10.4. The first-order valence-electron chi connectivity index (χ1n) is 6.38. The summed E-state index contributed by atoms with van der Waals surface area (Å²) in [6.07, 6.45) is -3.54. The van der Waals surface area contributed by atoms with Gasteiger partial charge in [0.25, 0.3) is 0 Å². The van der Waals surface area contributed by atoms with Gasteiger partial charge < -0.3 is 11.1 Å². The fraction of sp³-hybridized carbons (Fsp3) is 0.615. The van der Waals surface area contributed by atoms with Crippen LogP contribution in [0.1, 0.15) is 39.8 Å². The van der Waals surface area contributed by atoms with Crippen molar-refractivity contribution in [2.24, 2.45) is 5.92 Å². The fourth-order valence-corrected chi connectivity index (χ4v) is 1.28. The average molecular weight is 311 g/mol. The maximum Gasteiger partial charge on any atom is 0.433 e. The lowest BCUT2D eigenvalue weighted by atomic mass is 10.1. The predicted octanol–water partition coefficient (Wildman–Crippen LogP) is 4.28. The van der Waals surface area contributed by atoms with Gasteiger partial charge in [0, 0.05) is 6.54 Å². The molecule has 118 valence electrons. The number of anilines is 2. The van der Waals surface area contributed by atoms with E-state index in [1.165, 1.54) is 6.07 Å². The minimum Gasteiger partial charge on any atom is -0.382 e. The van der Waals surface area contributed by atoms with E-state index in [2.05, 4.69) is 24.1 Å². The SMILES string of the molecule is CC.CC(C)CCNc1ccc(C(F)(F)F)nc1N.S. The molecule has 0 unspecified atom stereocenters. The van der Waals surface area contributed by atoms with E-state index in [0.29, 0.717) is 18.2 Å². The highest BCUT2D eigenvalue weighted by Gasteiger charge is 2.32. The molecule has 20 heavy (non-hydrogen) atoms. The molecule has 1 aromatic heterocycles. The Morgan fingerprint density at radius 3 is 2.20 bits per heavy atom. The summed E-state index contributed by atoms with van der Waals surface area (Å²) in [6, 6.07) is 2.24. The molecule has 0 aliphatic rings. The number of nitrogens with one attached hydrogen (secondary N) is 1. The van der Waals surface area contributed by atoms with Crippen molar-refractivity contribution in [3.8, 4) is 0 Å². The molecule has 0 saturated carbocycles. The molecule has 0 aliphatic carbocycles. The highest BCUT2D eigenvalue weighted by Crippen LogP contribution is 2.30. The Balaban J connectivity index is 0.